The summed E-state index contributed by atoms with van der Waals surface area (Å²) in [5.41, 5.74) is -3.61. The zero-order valence-electron chi connectivity index (χ0n) is 34.8. The SMILES string of the molecule is COc1cccc2c1C(=O)c1c(O)c3c(c(O)c1C2=O)CC(O)(C(=O)CO)C[C@H]3O[C@@H]1C[C@@H](NC(=O)OCC2=CCCCC23OOC2(OO3)C3CC4CC(C3)CC2C4)[C@@H](O)[C@@H](C)O1. The predicted octanol–water partition coefficient (Wildman–Crippen LogP) is 3.64. The number of ketones is 3. The summed E-state index contributed by atoms with van der Waals surface area (Å²) in [5, 5.41) is 58.9. The monoisotopic (exact) mass is 877 g/mol. The van der Waals surface area contributed by atoms with Crippen molar-refractivity contribution in [2.75, 3.05) is 20.3 Å². The number of hydrogen-bond acceptors (Lipinski definition) is 17. The fourth-order valence-corrected chi connectivity index (χ4v) is 11.9. The number of aliphatic hydroxyl groups is 3. The van der Waals surface area contributed by atoms with Crippen LogP contribution in [-0.4, -0.2) is 111 Å². The molecular weight excluding hydrogens is 826 g/mol. The molecule has 4 bridgehead atoms. The molecule has 18 heteroatoms. The average Bonchev–Trinajstić information content (AvgIpc) is 3.27. The van der Waals surface area contributed by atoms with Crippen molar-refractivity contribution in [3.63, 3.8) is 0 Å². The van der Waals surface area contributed by atoms with Crippen LogP contribution in [0.15, 0.2) is 29.8 Å². The second kappa shape index (κ2) is 15.6. The van der Waals surface area contributed by atoms with Gasteiger partial charge in [0.25, 0.3) is 5.79 Å². The summed E-state index contributed by atoms with van der Waals surface area (Å²) in [7, 11) is 1.31. The number of Topliss-reactive ketones (excluding diaryl/α,β-unsaturated/α-hetero) is 1. The number of hydrogen-bond donors (Lipinski definition) is 6. The van der Waals surface area contributed by atoms with Crippen molar-refractivity contribution in [2.45, 2.75) is 125 Å². The zero-order chi connectivity index (χ0) is 44.2. The molecule has 2 aliphatic heterocycles. The summed E-state index contributed by atoms with van der Waals surface area (Å²) in [6, 6.07) is 3.28. The van der Waals surface area contributed by atoms with Crippen LogP contribution in [0.3, 0.4) is 0 Å². The van der Waals surface area contributed by atoms with Gasteiger partial charge < -0.3 is 49.8 Å². The van der Waals surface area contributed by atoms with E-state index in [1.165, 1.54) is 38.7 Å². The third-order valence-electron chi connectivity index (χ3n) is 14.9. The summed E-state index contributed by atoms with van der Waals surface area (Å²) in [5.74, 6) is -4.79. The minimum atomic E-state index is -2.36. The van der Waals surface area contributed by atoms with Crippen LogP contribution >= 0.6 is 0 Å². The van der Waals surface area contributed by atoms with E-state index in [-0.39, 0.29) is 52.9 Å². The topological polar surface area (TPSA) is 255 Å². The van der Waals surface area contributed by atoms with E-state index in [2.05, 4.69) is 5.32 Å². The number of phenolic OH excluding ortho intramolecular Hbond substituents is 2. The molecule has 0 radical (unpaired) electrons. The third kappa shape index (κ3) is 6.71. The standard InChI is InChI=1S/C45H51NO17/c1-20-37(49)28(46-42(54)57-19-23-6-3-4-9-44(23)60-62-45(63-61-44)24-11-21-10-22(13-24)14-25(45)12-21)15-32(58-20)59-30-17-43(55,31(48)18-47)16-27-34(30)41(53)36-35(39(27)51)38(50)26-7-5-8-29(56-2)33(26)40(36)52/h5-8,20-22,24-25,28,30,32,37,47,49,51,53,55H,3-4,9-19H2,1-2H3,(H,46,54)/t20-,21?,22?,24?,25?,28-,30-,32-,37+,43?,44?,45?/m1/s1. The Kier molecular flexibility index (Phi) is 10.5. The first-order valence-corrected chi connectivity index (χ1v) is 21.8. The molecule has 2 spiro atoms. The van der Waals surface area contributed by atoms with Crippen molar-refractivity contribution in [3.05, 3.63) is 63.2 Å². The number of aliphatic hydroxyl groups excluding tert-OH is 2. The van der Waals surface area contributed by atoms with Gasteiger partial charge in [0.05, 0.1) is 42.0 Å². The Morgan fingerprint density at radius 1 is 0.921 bits per heavy atom. The third-order valence-corrected chi connectivity index (χ3v) is 14.9. The summed E-state index contributed by atoms with van der Waals surface area (Å²) in [6.45, 7) is 0.190. The number of ether oxygens (including phenoxy) is 4. The molecule has 2 heterocycles. The molecule has 7 aliphatic carbocycles. The molecular formula is C45H51NO17. The second-order valence-corrected chi connectivity index (χ2v) is 18.6. The molecule has 1 amide bonds. The highest BCUT2D eigenvalue weighted by atomic mass is 17.4. The number of aromatic hydroxyl groups is 2. The van der Waals surface area contributed by atoms with Crippen LogP contribution < -0.4 is 10.1 Å². The quantitative estimate of drug-likeness (QED) is 0.107. The molecule has 6 atom stereocenters. The van der Waals surface area contributed by atoms with Gasteiger partial charge in [0, 0.05) is 59.8 Å². The minimum absolute atomic E-state index is 0.0585. The smallest absolute Gasteiger partial charge is 0.407 e. The largest absolute Gasteiger partial charge is 0.507 e. The molecule has 63 heavy (non-hydrogen) atoms. The van der Waals surface area contributed by atoms with Crippen molar-refractivity contribution < 1.29 is 83.2 Å². The lowest BCUT2D eigenvalue weighted by molar-refractivity contribution is -0.672. The Morgan fingerprint density at radius 2 is 1.62 bits per heavy atom. The normalized spacial score (nSPS) is 37.5. The first kappa shape index (κ1) is 42.5. The Hall–Kier alpha value is -4.50. The summed E-state index contributed by atoms with van der Waals surface area (Å²) in [6.07, 6.45) is 1.55. The van der Waals surface area contributed by atoms with Gasteiger partial charge in [-0.15, -0.1) is 0 Å². The van der Waals surface area contributed by atoms with Crippen LogP contribution in [0.25, 0.3) is 0 Å². The first-order valence-electron chi connectivity index (χ1n) is 21.8. The predicted molar refractivity (Wildman–Crippen MR) is 211 cm³/mol. The van der Waals surface area contributed by atoms with Crippen molar-refractivity contribution in [1.29, 1.82) is 0 Å². The summed E-state index contributed by atoms with van der Waals surface area (Å²) >= 11 is 0. The zero-order valence-corrected chi connectivity index (χ0v) is 34.8. The Bertz CT molecular complexity index is 2250. The van der Waals surface area contributed by atoms with Gasteiger partial charge in [-0.05, 0) is 69.8 Å². The number of carbonyl (C=O) groups excluding carboxylic acids is 4. The molecule has 2 aromatic carbocycles. The molecule has 0 aromatic heterocycles. The lowest BCUT2D eigenvalue weighted by Crippen LogP contribution is -2.65. The number of alkyl carbamates (subject to hydrolysis) is 1. The maximum atomic E-state index is 14.0. The molecule has 4 saturated carbocycles. The Labute approximate surface area is 361 Å². The highest BCUT2D eigenvalue weighted by Gasteiger charge is 2.65. The number of benzene rings is 2. The van der Waals surface area contributed by atoms with E-state index < -0.39 is 113 Å². The fraction of sp³-hybridized carbons (Fsp3) is 0.600. The van der Waals surface area contributed by atoms with E-state index >= 15 is 0 Å². The number of nitrogens with one attached hydrogen (secondary N) is 1. The van der Waals surface area contributed by atoms with Gasteiger partial charge in [0.2, 0.25) is 11.6 Å². The maximum absolute atomic E-state index is 14.0. The van der Waals surface area contributed by atoms with E-state index in [9.17, 15) is 44.7 Å². The van der Waals surface area contributed by atoms with Gasteiger partial charge in [0.1, 0.15) is 42.2 Å². The number of allylic oxidation sites excluding steroid dienone is 1. The Morgan fingerprint density at radius 3 is 2.30 bits per heavy atom. The van der Waals surface area contributed by atoms with Gasteiger partial charge in [-0.25, -0.2) is 4.79 Å². The molecule has 2 aromatic rings. The molecule has 18 nitrogen and oxygen atoms in total. The number of phenols is 2. The molecule has 2 saturated heterocycles. The maximum Gasteiger partial charge on any atom is 0.407 e. The van der Waals surface area contributed by atoms with Crippen LogP contribution in [0.4, 0.5) is 4.79 Å². The van der Waals surface area contributed by atoms with E-state index in [1.807, 2.05) is 6.08 Å². The number of fused-ring (bicyclic) bond motifs is 3. The lowest BCUT2D eigenvalue weighted by Gasteiger charge is -2.60. The average molecular weight is 878 g/mol. The van der Waals surface area contributed by atoms with Gasteiger partial charge in [0.15, 0.2) is 17.9 Å². The van der Waals surface area contributed by atoms with Crippen molar-refractivity contribution in [2.24, 2.45) is 23.7 Å². The van der Waals surface area contributed by atoms with E-state index in [0.29, 0.717) is 36.7 Å². The molecule has 9 aliphatic rings. The number of carbonyl (C=O) groups is 4. The van der Waals surface area contributed by atoms with Gasteiger partial charge in [-0.2, -0.15) is 19.6 Å². The summed E-state index contributed by atoms with van der Waals surface area (Å²) < 4.78 is 23.3. The van der Waals surface area contributed by atoms with Crippen LogP contribution in [0.5, 0.6) is 17.2 Å². The molecule has 6 N–H and O–H groups in total. The van der Waals surface area contributed by atoms with Crippen LogP contribution in [0.1, 0.15) is 120 Å². The van der Waals surface area contributed by atoms with E-state index in [0.717, 1.165) is 25.7 Å². The van der Waals surface area contributed by atoms with E-state index in [1.54, 1.807) is 0 Å². The fourth-order valence-electron chi connectivity index (χ4n) is 11.9. The van der Waals surface area contributed by atoms with Crippen LogP contribution in [0.2, 0.25) is 0 Å². The molecule has 6 fully saturated rings. The van der Waals surface area contributed by atoms with Crippen LogP contribution in [0, 0.1) is 23.7 Å². The minimum Gasteiger partial charge on any atom is -0.507 e. The Balaban J connectivity index is 0.856. The molecule has 11 rings (SSSR count). The second-order valence-electron chi connectivity index (χ2n) is 18.6. The number of methoxy groups -OCH3 is 1. The van der Waals surface area contributed by atoms with Gasteiger partial charge in [-0.3, -0.25) is 14.4 Å². The van der Waals surface area contributed by atoms with Crippen molar-refractivity contribution in [3.8, 4) is 17.2 Å². The molecule has 1 unspecified atom stereocenters. The number of amides is 1. The number of rotatable bonds is 8. The highest BCUT2D eigenvalue weighted by molar-refractivity contribution is 6.31. The van der Waals surface area contributed by atoms with E-state index in [4.69, 9.17) is 38.5 Å². The highest BCUT2D eigenvalue weighted by Crippen LogP contribution is 2.62. The van der Waals surface area contributed by atoms with Crippen molar-refractivity contribution >= 4 is 23.4 Å². The van der Waals surface area contributed by atoms with Gasteiger partial charge >= 0.3 is 6.09 Å². The molecule has 338 valence electrons. The van der Waals surface area contributed by atoms with Crippen molar-refractivity contribution in [1.82, 2.24) is 5.32 Å². The first-order chi connectivity index (χ1) is 30.2. The van der Waals surface area contributed by atoms with Crippen LogP contribution in [-0.2, 0) is 45.0 Å². The lowest BCUT2D eigenvalue weighted by atomic mass is 9.53. The summed E-state index contributed by atoms with van der Waals surface area (Å²) in [4.78, 5) is 79.0. The van der Waals surface area contributed by atoms with Gasteiger partial charge in [-0.1, -0.05) is 18.2 Å².